The van der Waals surface area contributed by atoms with Crippen LogP contribution in [0.25, 0.3) is 0 Å². The van der Waals surface area contributed by atoms with Crippen LogP contribution in [0.3, 0.4) is 0 Å². The zero-order valence-corrected chi connectivity index (χ0v) is 15.0. The van der Waals surface area contributed by atoms with Gasteiger partial charge in [0.2, 0.25) is 0 Å². The second kappa shape index (κ2) is 7.27. The topological polar surface area (TPSA) is 58.7 Å². The molecule has 1 amide bonds. The van der Waals surface area contributed by atoms with Gasteiger partial charge in [0.1, 0.15) is 5.76 Å². The second-order valence-electron chi connectivity index (χ2n) is 6.84. The quantitative estimate of drug-likeness (QED) is 0.832. The van der Waals surface area contributed by atoms with Crippen LogP contribution in [0, 0.1) is 5.92 Å². The Labute approximate surface area is 147 Å². The van der Waals surface area contributed by atoms with Crippen LogP contribution < -0.4 is 5.56 Å². The van der Waals surface area contributed by atoms with Gasteiger partial charge in [0.05, 0.1) is 6.54 Å². The summed E-state index contributed by atoms with van der Waals surface area (Å²) in [7, 11) is 4.12. The van der Waals surface area contributed by atoms with Gasteiger partial charge in [-0.2, -0.15) is 0 Å². The third-order valence-corrected chi connectivity index (χ3v) is 4.98. The molecule has 2 atom stereocenters. The third kappa shape index (κ3) is 3.69. The second-order valence-corrected chi connectivity index (χ2v) is 6.84. The highest BCUT2D eigenvalue weighted by Gasteiger charge is 2.36. The summed E-state index contributed by atoms with van der Waals surface area (Å²) in [5.74, 6) is 1.35. The van der Waals surface area contributed by atoms with Crippen molar-refractivity contribution in [3.8, 4) is 0 Å². The fraction of sp³-hybridized carbons (Fsp3) is 0.474. The lowest BCUT2D eigenvalue weighted by Crippen LogP contribution is -2.36. The molecule has 1 fully saturated rings. The summed E-state index contributed by atoms with van der Waals surface area (Å²) >= 11 is 0. The van der Waals surface area contributed by atoms with E-state index in [0.717, 1.165) is 19.5 Å². The minimum atomic E-state index is -0.0917. The van der Waals surface area contributed by atoms with E-state index >= 15 is 0 Å². The number of furan rings is 1. The number of hydrogen-bond donors (Lipinski definition) is 0. The molecule has 2 aromatic heterocycles. The van der Waals surface area contributed by atoms with Gasteiger partial charge in [-0.1, -0.05) is 19.4 Å². The normalized spacial score (nSPS) is 20.4. The van der Waals surface area contributed by atoms with Crippen molar-refractivity contribution in [2.24, 2.45) is 5.92 Å². The van der Waals surface area contributed by atoms with Gasteiger partial charge in [-0.25, -0.2) is 0 Å². The molecule has 0 spiro atoms. The molecule has 0 radical (unpaired) electrons. The van der Waals surface area contributed by atoms with Crippen molar-refractivity contribution in [2.75, 3.05) is 27.2 Å². The molecule has 0 saturated carbocycles. The molecule has 0 aromatic carbocycles. The maximum atomic E-state index is 12.8. The van der Waals surface area contributed by atoms with E-state index in [-0.39, 0.29) is 11.5 Å². The molecule has 1 saturated heterocycles. The van der Waals surface area contributed by atoms with Gasteiger partial charge in [0, 0.05) is 31.4 Å². The first kappa shape index (κ1) is 17.5. The average molecular weight is 343 g/mol. The minimum Gasteiger partial charge on any atom is -0.454 e. The molecule has 0 N–H and O–H groups in total. The number of aromatic nitrogens is 1. The van der Waals surface area contributed by atoms with Gasteiger partial charge in [-0.05, 0) is 38.2 Å². The summed E-state index contributed by atoms with van der Waals surface area (Å²) in [4.78, 5) is 28.6. The average Bonchev–Trinajstić information content (AvgIpc) is 3.23. The predicted molar refractivity (Wildman–Crippen MR) is 95.7 cm³/mol. The van der Waals surface area contributed by atoms with Crippen LogP contribution in [0.15, 0.2) is 45.7 Å². The first-order valence-electron chi connectivity index (χ1n) is 8.69. The molecule has 0 aliphatic carbocycles. The lowest BCUT2D eigenvalue weighted by molar-refractivity contribution is 0.0747. The monoisotopic (exact) mass is 343 g/mol. The number of nitrogens with zero attached hydrogens (tertiary/aromatic N) is 3. The lowest BCUT2D eigenvalue weighted by atomic mass is 10.0. The fourth-order valence-electron chi connectivity index (χ4n) is 3.50. The minimum absolute atomic E-state index is 0.0746. The Kier molecular flexibility index (Phi) is 5.08. The van der Waals surface area contributed by atoms with Crippen LogP contribution >= 0.6 is 0 Å². The van der Waals surface area contributed by atoms with Gasteiger partial charge in [-0.3, -0.25) is 9.59 Å². The molecule has 6 nitrogen and oxygen atoms in total. The molecule has 3 heterocycles. The zero-order valence-electron chi connectivity index (χ0n) is 15.0. The molecule has 3 rings (SSSR count). The number of carbonyl (C=O) groups is 1. The highest BCUT2D eigenvalue weighted by Crippen LogP contribution is 2.25. The van der Waals surface area contributed by atoms with Crippen LogP contribution in [0.4, 0.5) is 0 Å². The molecule has 25 heavy (non-hydrogen) atoms. The van der Waals surface area contributed by atoms with Crippen molar-refractivity contribution >= 4 is 5.91 Å². The number of hydrogen-bond acceptors (Lipinski definition) is 4. The maximum absolute atomic E-state index is 12.8. The van der Waals surface area contributed by atoms with Crippen molar-refractivity contribution in [1.29, 1.82) is 0 Å². The van der Waals surface area contributed by atoms with E-state index < -0.39 is 0 Å². The SMILES string of the molecule is CC[C@@H]1CN(C(=O)c2ccc(Cn3ccccc3=O)o2)C[C@H]1N(C)C. The lowest BCUT2D eigenvalue weighted by Gasteiger charge is -2.23. The molecule has 134 valence electrons. The smallest absolute Gasteiger partial charge is 0.289 e. The van der Waals surface area contributed by atoms with E-state index in [1.807, 2.05) is 4.90 Å². The van der Waals surface area contributed by atoms with Crippen molar-refractivity contribution < 1.29 is 9.21 Å². The maximum Gasteiger partial charge on any atom is 0.289 e. The third-order valence-electron chi connectivity index (χ3n) is 4.98. The number of likely N-dealkylation sites (tertiary alicyclic amines) is 1. The predicted octanol–water partition coefficient (Wildman–Crippen LogP) is 1.90. The van der Waals surface area contributed by atoms with Crippen molar-refractivity contribution in [3.05, 3.63) is 58.4 Å². The Bertz CT molecular complexity index is 793. The molecule has 1 aliphatic heterocycles. The summed E-state index contributed by atoms with van der Waals surface area (Å²) in [5, 5.41) is 0. The number of pyridine rings is 1. The van der Waals surface area contributed by atoms with E-state index in [1.165, 1.54) is 6.07 Å². The summed E-state index contributed by atoms with van der Waals surface area (Å²) < 4.78 is 7.27. The Morgan fingerprint density at radius 2 is 2.04 bits per heavy atom. The van der Waals surface area contributed by atoms with Crippen LogP contribution in [-0.4, -0.2) is 53.5 Å². The molecule has 1 aliphatic rings. The molecular weight excluding hydrogens is 318 g/mol. The van der Waals surface area contributed by atoms with E-state index in [0.29, 0.717) is 30.0 Å². The number of carbonyl (C=O) groups excluding carboxylic acids is 1. The van der Waals surface area contributed by atoms with Crippen LogP contribution in [-0.2, 0) is 6.54 Å². The zero-order chi connectivity index (χ0) is 18.0. The highest BCUT2D eigenvalue weighted by atomic mass is 16.4. The van der Waals surface area contributed by atoms with Gasteiger partial charge < -0.3 is 18.8 Å². The van der Waals surface area contributed by atoms with Crippen LogP contribution in [0.1, 0.15) is 29.7 Å². The summed E-state index contributed by atoms with van der Waals surface area (Å²) in [5.41, 5.74) is -0.0917. The van der Waals surface area contributed by atoms with E-state index in [2.05, 4.69) is 25.9 Å². The summed E-state index contributed by atoms with van der Waals surface area (Å²) in [6.45, 7) is 3.97. The first-order valence-corrected chi connectivity index (χ1v) is 8.69. The van der Waals surface area contributed by atoms with E-state index in [9.17, 15) is 9.59 Å². The van der Waals surface area contributed by atoms with Crippen molar-refractivity contribution in [1.82, 2.24) is 14.4 Å². The molecule has 6 heteroatoms. The molecule has 0 bridgehead atoms. The number of rotatable bonds is 5. The standard InChI is InChI=1S/C19H25N3O3/c1-4-14-11-22(13-16(14)20(2)3)19(24)17-9-8-15(25-17)12-21-10-6-5-7-18(21)23/h5-10,14,16H,4,11-13H2,1-3H3/t14-,16-/m1/s1. The number of amides is 1. The van der Waals surface area contributed by atoms with Gasteiger partial charge in [-0.15, -0.1) is 0 Å². The Morgan fingerprint density at radius 3 is 2.68 bits per heavy atom. The first-order chi connectivity index (χ1) is 12.0. The van der Waals surface area contributed by atoms with Gasteiger partial charge in [0.15, 0.2) is 5.76 Å². The van der Waals surface area contributed by atoms with Gasteiger partial charge in [0.25, 0.3) is 11.5 Å². The summed E-state index contributed by atoms with van der Waals surface area (Å²) in [6.07, 6.45) is 2.76. The van der Waals surface area contributed by atoms with Crippen LogP contribution in [0.5, 0.6) is 0 Å². The van der Waals surface area contributed by atoms with Crippen molar-refractivity contribution in [2.45, 2.75) is 25.9 Å². The van der Waals surface area contributed by atoms with E-state index in [1.54, 1.807) is 35.0 Å². The molecule has 0 unspecified atom stereocenters. The highest BCUT2D eigenvalue weighted by molar-refractivity contribution is 5.91. The molecular formula is C19H25N3O3. The molecule has 2 aromatic rings. The van der Waals surface area contributed by atoms with Gasteiger partial charge >= 0.3 is 0 Å². The van der Waals surface area contributed by atoms with Crippen molar-refractivity contribution in [3.63, 3.8) is 0 Å². The number of likely N-dealkylation sites (N-methyl/N-ethyl adjacent to an activating group) is 1. The largest absolute Gasteiger partial charge is 0.454 e. The Balaban J connectivity index is 1.71. The van der Waals surface area contributed by atoms with Crippen LogP contribution in [0.2, 0.25) is 0 Å². The Hall–Kier alpha value is -2.34. The fourth-order valence-corrected chi connectivity index (χ4v) is 3.50. The summed E-state index contributed by atoms with van der Waals surface area (Å²) in [6, 6.07) is 8.86. The Morgan fingerprint density at radius 1 is 1.24 bits per heavy atom. The van der Waals surface area contributed by atoms with E-state index in [4.69, 9.17) is 4.42 Å².